The third-order valence-electron chi connectivity index (χ3n) is 3.19. The largest absolute Gasteiger partial charge is 0.416 e. The molecule has 1 saturated heterocycles. The summed E-state index contributed by atoms with van der Waals surface area (Å²) in [4.78, 5) is 0. The molecule has 0 aromatic heterocycles. The van der Waals surface area contributed by atoms with Crippen LogP contribution in [0.25, 0.3) is 0 Å². The Hall–Kier alpha value is -1.07. The fourth-order valence-electron chi connectivity index (χ4n) is 2.30. The molecule has 0 radical (unpaired) electrons. The number of aliphatic hydroxyl groups excluding tert-OH is 1. The molecule has 0 bridgehead atoms. The van der Waals surface area contributed by atoms with E-state index in [2.05, 4.69) is 5.32 Å². The molecular weight excluding hydrogens is 231 g/mol. The van der Waals surface area contributed by atoms with E-state index in [1.807, 2.05) is 0 Å². The van der Waals surface area contributed by atoms with Crippen LogP contribution >= 0.6 is 0 Å². The highest BCUT2D eigenvalue weighted by Gasteiger charge is 2.33. The van der Waals surface area contributed by atoms with Crippen LogP contribution in [0.15, 0.2) is 24.3 Å². The van der Waals surface area contributed by atoms with E-state index in [9.17, 15) is 13.2 Å². The summed E-state index contributed by atoms with van der Waals surface area (Å²) in [6, 6.07) is 5.22. The number of hydrogen-bond acceptors (Lipinski definition) is 2. The van der Waals surface area contributed by atoms with Gasteiger partial charge in [-0.2, -0.15) is 13.2 Å². The number of aliphatic hydroxyl groups is 1. The normalized spacial score (nSPS) is 25.2. The maximum absolute atomic E-state index is 12.6. The Labute approximate surface area is 97.5 Å². The van der Waals surface area contributed by atoms with E-state index in [1.165, 1.54) is 12.1 Å². The first-order valence-corrected chi connectivity index (χ1v) is 5.54. The highest BCUT2D eigenvalue weighted by molar-refractivity contribution is 5.30. The smallest absolute Gasteiger partial charge is 0.395 e. The van der Waals surface area contributed by atoms with Crippen LogP contribution in [0.1, 0.15) is 23.5 Å². The Bertz CT molecular complexity index is 392. The monoisotopic (exact) mass is 245 g/mol. The van der Waals surface area contributed by atoms with Crippen molar-refractivity contribution in [2.45, 2.75) is 24.6 Å². The molecule has 0 amide bonds. The molecule has 5 heteroatoms. The van der Waals surface area contributed by atoms with Gasteiger partial charge >= 0.3 is 6.18 Å². The lowest BCUT2D eigenvalue weighted by Crippen LogP contribution is -2.29. The molecule has 2 N–H and O–H groups in total. The lowest BCUT2D eigenvalue weighted by molar-refractivity contribution is -0.137. The van der Waals surface area contributed by atoms with E-state index in [-0.39, 0.29) is 18.6 Å². The van der Waals surface area contributed by atoms with E-state index in [0.717, 1.165) is 19.0 Å². The molecule has 1 aromatic carbocycles. The van der Waals surface area contributed by atoms with Crippen LogP contribution in [0, 0.1) is 0 Å². The molecule has 1 fully saturated rings. The summed E-state index contributed by atoms with van der Waals surface area (Å²) in [6.45, 7) is 0.674. The fourth-order valence-corrected chi connectivity index (χ4v) is 2.30. The average molecular weight is 245 g/mol. The summed E-state index contributed by atoms with van der Waals surface area (Å²) >= 11 is 0. The van der Waals surface area contributed by atoms with Crippen molar-refractivity contribution in [2.75, 3.05) is 13.2 Å². The zero-order chi connectivity index (χ0) is 12.5. The molecule has 1 aliphatic rings. The summed E-state index contributed by atoms with van der Waals surface area (Å²) in [5, 5.41) is 12.2. The van der Waals surface area contributed by atoms with Gasteiger partial charge in [0.25, 0.3) is 0 Å². The molecule has 2 rings (SSSR count). The lowest BCUT2D eigenvalue weighted by Gasteiger charge is -2.18. The van der Waals surface area contributed by atoms with Crippen molar-refractivity contribution in [2.24, 2.45) is 0 Å². The van der Waals surface area contributed by atoms with Gasteiger partial charge in [-0.3, -0.25) is 0 Å². The minimum Gasteiger partial charge on any atom is -0.395 e. The van der Waals surface area contributed by atoms with E-state index in [4.69, 9.17) is 5.11 Å². The standard InChI is InChI=1S/C12H14F3NO/c13-12(14,15)9-3-1-2-8(6-9)10-4-5-16-11(10)7-17/h1-3,6,10-11,16-17H,4-5,7H2/t10-,11-/m0/s1. The van der Waals surface area contributed by atoms with Crippen molar-refractivity contribution in [3.05, 3.63) is 35.4 Å². The molecule has 1 heterocycles. The Kier molecular flexibility index (Phi) is 3.40. The maximum Gasteiger partial charge on any atom is 0.416 e. The van der Waals surface area contributed by atoms with Gasteiger partial charge in [-0.25, -0.2) is 0 Å². The van der Waals surface area contributed by atoms with E-state index in [1.54, 1.807) is 6.07 Å². The van der Waals surface area contributed by atoms with Gasteiger partial charge in [-0.1, -0.05) is 18.2 Å². The first kappa shape index (κ1) is 12.4. The van der Waals surface area contributed by atoms with Crippen molar-refractivity contribution in [3.8, 4) is 0 Å². The van der Waals surface area contributed by atoms with E-state index < -0.39 is 11.7 Å². The van der Waals surface area contributed by atoms with Crippen LogP contribution in [0.2, 0.25) is 0 Å². The molecule has 1 aromatic rings. The Balaban J connectivity index is 2.27. The average Bonchev–Trinajstić information content (AvgIpc) is 2.76. The van der Waals surface area contributed by atoms with Crippen LogP contribution in [0.4, 0.5) is 13.2 Å². The third kappa shape index (κ3) is 2.61. The molecule has 2 nitrogen and oxygen atoms in total. The number of alkyl halides is 3. The quantitative estimate of drug-likeness (QED) is 0.836. The highest BCUT2D eigenvalue weighted by atomic mass is 19.4. The van der Waals surface area contributed by atoms with Crippen LogP contribution in [-0.2, 0) is 6.18 Å². The number of rotatable bonds is 2. The Morgan fingerprint density at radius 3 is 2.76 bits per heavy atom. The van der Waals surface area contributed by atoms with Crippen LogP contribution < -0.4 is 5.32 Å². The second kappa shape index (κ2) is 4.66. The number of benzene rings is 1. The molecular formula is C12H14F3NO. The van der Waals surface area contributed by atoms with Gasteiger partial charge in [0.1, 0.15) is 0 Å². The van der Waals surface area contributed by atoms with Crippen molar-refractivity contribution >= 4 is 0 Å². The summed E-state index contributed by atoms with van der Waals surface area (Å²) in [6.07, 6.45) is -3.55. The second-order valence-electron chi connectivity index (χ2n) is 4.26. The molecule has 94 valence electrons. The van der Waals surface area contributed by atoms with Crippen molar-refractivity contribution in [3.63, 3.8) is 0 Å². The van der Waals surface area contributed by atoms with Gasteiger partial charge in [-0.05, 0) is 24.6 Å². The molecule has 0 spiro atoms. The molecule has 0 saturated carbocycles. The Morgan fingerprint density at radius 1 is 1.35 bits per heavy atom. The fraction of sp³-hybridized carbons (Fsp3) is 0.500. The minimum absolute atomic E-state index is 0.0395. The van der Waals surface area contributed by atoms with Gasteiger partial charge in [0.2, 0.25) is 0 Å². The van der Waals surface area contributed by atoms with Crippen molar-refractivity contribution in [1.82, 2.24) is 5.32 Å². The van der Waals surface area contributed by atoms with Gasteiger partial charge < -0.3 is 10.4 Å². The SMILES string of the molecule is OC[C@@H]1NCC[C@H]1c1cccc(C(F)(F)F)c1. The van der Waals surface area contributed by atoms with Crippen molar-refractivity contribution < 1.29 is 18.3 Å². The first-order chi connectivity index (χ1) is 8.02. The second-order valence-corrected chi connectivity index (χ2v) is 4.26. The summed E-state index contributed by atoms with van der Waals surface area (Å²) in [7, 11) is 0. The Morgan fingerprint density at radius 2 is 2.12 bits per heavy atom. The number of hydrogen-bond donors (Lipinski definition) is 2. The number of halogens is 3. The van der Waals surface area contributed by atoms with Crippen molar-refractivity contribution in [1.29, 1.82) is 0 Å². The highest BCUT2D eigenvalue weighted by Crippen LogP contribution is 2.33. The molecule has 1 aliphatic heterocycles. The zero-order valence-corrected chi connectivity index (χ0v) is 9.17. The predicted molar refractivity (Wildman–Crippen MR) is 57.7 cm³/mol. The maximum atomic E-state index is 12.6. The summed E-state index contributed by atoms with van der Waals surface area (Å²) in [5.41, 5.74) is 0.0162. The third-order valence-corrected chi connectivity index (χ3v) is 3.19. The lowest BCUT2D eigenvalue weighted by atomic mass is 9.91. The zero-order valence-electron chi connectivity index (χ0n) is 9.17. The van der Waals surface area contributed by atoms with E-state index >= 15 is 0 Å². The predicted octanol–water partition coefficient (Wildman–Crippen LogP) is 2.14. The molecule has 17 heavy (non-hydrogen) atoms. The van der Waals surface area contributed by atoms with Gasteiger partial charge in [-0.15, -0.1) is 0 Å². The molecule has 0 unspecified atom stereocenters. The minimum atomic E-state index is -4.31. The van der Waals surface area contributed by atoms with Gasteiger partial charge in [0.15, 0.2) is 0 Å². The molecule has 2 atom stereocenters. The number of nitrogens with one attached hydrogen (secondary N) is 1. The van der Waals surface area contributed by atoms with Crippen LogP contribution in [0.5, 0.6) is 0 Å². The topological polar surface area (TPSA) is 32.3 Å². The molecule has 0 aliphatic carbocycles. The van der Waals surface area contributed by atoms with Crippen LogP contribution in [0.3, 0.4) is 0 Å². The van der Waals surface area contributed by atoms with Gasteiger partial charge in [0.05, 0.1) is 12.2 Å². The summed E-state index contributed by atoms with van der Waals surface area (Å²) in [5.74, 6) is -0.0395. The van der Waals surface area contributed by atoms with Crippen LogP contribution in [-0.4, -0.2) is 24.3 Å². The van der Waals surface area contributed by atoms with Gasteiger partial charge in [0, 0.05) is 12.0 Å². The van der Waals surface area contributed by atoms with E-state index in [0.29, 0.717) is 5.56 Å². The summed E-state index contributed by atoms with van der Waals surface area (Å²) < 4.78 is 37.7. The first-order valence-electron chi connectivity index (χ1n) is 5.54.